The highest BCUT2D eigenvalue weighted by atomic mass is 16.5. The fraction of sp³-hybridized carbons (Fsp3) is 0.909. The molecule has 0 bridgehead atoms. The fourth-order valence-corrected chi connectivity index (χ4v) is 1.52. The van der Waals surface area contributed by atoms with Gasteiger partial charge in [-0.2, -0.15) is 0 Å². The van der Waals surface area contributed by atoms with E-state index in [9.17, 15) is 0 Å². The summed E-state index contributed by atoms with van der Waals surface area (Å²) in [7, 11) is 0. The zero-order chi connectivity index (χ0) is 10.6. The lowest BCUT2D eigenvalue weighted by atomic mass is 9.92. The molecule has 0 saturated carbocycles. The Balaban J connectivity index is 2.26. The molecule has 0 aromatic rings. The fourth-order valence-electron chi connectivity index (χ4n) is 1.52. The van der Waals surface area contributed by atoms with E-state index in [0.29, 0.717) is 0 Å². The first-order valence-electron chi connectivity index (χ1n) is 5.41. The van der Waals surface area contributed by atoms with Gasteiger partial charge < -0.3 is 10.5 Å². The average Bonchev–Trinajstić information content (AvgIpc) is 2.46. The Kier molecular flexibility index (Phi) is 3.93. The highest BCUT2D eigenvalue weighted by Crippen LogP contribution is 2.23. The molecule has 0 saturated heterocycles. The van der Waals surface area contributed by atoms with Crippen molar-refractivity contribution in [3.05, 3.63) is 0 Å². The van der Waals surface area contributed by atoms with Crippen molar-refractivity contribution in [1.82, 2.24) is 0 Å². The van der Waals surface area contributed by atoms with E-state index < -0.39 is 0 Å². The summed E-state index contributed by atoms with van der Waals surface area (Å²) in [6.07, 6.45) is 3.29. The van der Waals surface area contributed by atoms with Gasteiger partial charge in [0.15, 0.2) is 5.90 Å². The van der Waals surface area contributed by atoms with Crippen LogP contribution in [0.1, 0.15) is 40.0 Å². The minimum absolute atomic E-state index is 0.265. The molecular formula is C11H22N2O. The van der Waals surface area contributed by atoms with Crippen molar-refractivity contribution < 1.29 is 4.74 Å². The lowest BCUT2D eigenvalue weighted by Crippen LogP contribution is -2.18. The van der Waals surface area contributed by atoms with Crippen molar-refractivity contribution in [1.29, 1.82) is 0 Å². The van der Waals surface area contributed by atoms with Gasteiger partial charge in [0.25, 0.3) is 0 Å². The van der Waals surface area contributed by atoms with Gasteiger partial charge in [0, 0.05) is 6.42 Å². The van der Waals surface area contributed by atoms with E-state index in [1.165, 1.54) is 0 Å². The van der Waals surface area contributed by atoms with Crippen molar-refractivity contribution in [3.8, 4) is 0 Å². The summed E-state index contributed by atoms with van der Waals surface area (Å²) < 4.78 is 5.73. The van der Waals surface area contributed by atoms with Gasteiger partial charge in [-0.25, -0.2) is 0 Å². The maximum absolute atomic E-state index is 5.73. The first-order chi connectivity index (χ1) is 6.51. The largest absolute Gasteiger partial charge is 0.476 e. The third-order valence-electron chi connectivity index (χ3n) is 2.19. The minimum Gasteiger partial charge on any atom is -0.476 e. The molecule has 0 spiro atoms. The van der Waals surface area contributed by atoms with Crippen LogP contribution in [0.25, 0.3) is 0 Å². The molecule has 0 aliphatic carbocycles. The van der Waals surface area contributed by atoms with Crippen LogP contribution < -0.4 is 5.73 Å². The molecule has 0 radical (unpaired) electrons. The first kappa shape index (κ1) is 11.5. The maximum atomic E-state index is 5.73. The second-order valence-corrected chi connectivity index (χ2v) is 5.14. The van der Waals surface area contributed by atoms with E-state index in [2.05, 4.69) is 25.8 Å². The normalized spacial score (nSPS) is 22.0. The van der Waals surface area contributed by atoms with E-state index in [-0.39, 0.29) is 11.5 Å². The average molecular weight is 198 g/mol. The quantitative estimate of drug-likeness (QED) is 0.750. The standard InChI is InChI=1S/C11H22N2O/c1-11(2,3)7-10-13-8-9(14-10)5-4-6-12/h9H,4-8,12H2,1-3H3. The van der Waals surface area contributed by atoms with Crippen LogP contribution in [-0.4, -0.2) is 25.1 Å². The van der Waals surface area contributed by atoms with Crippen LogP contribution in [0.3, 0.4) is 0 Å². The second kappa shape index (κ2) is 4.78. The number of hydrogen-bond acceptors (Lipinski definition) is 3. The summed E-state index contributed by atoms with van der Waals surface area (Å²) in [5.74, 6) is 0.930. The highest BCUT2D eigenvalue weighted by molar-refractivity contribution is 5.78. The van der Waals surface area contributed by atoms with Crippen molar-refractivity contribution in [2.75, 3.05) is 13.1 Å². The Labute approximate surface area is 86.7 Å². The Hall–Kier alpha value is -0.570. The zero-order valence-corrected chi connectivity index (χ0v) is 9.55. The van der Waals surface area contributed by atoms with E-state index in [1.54, 1.807) is 0 Å². The Morgan fingerprint density at radius 2 is 2.21 bits per heavy atom. The number of nitrogens with zero attached hydrogens (tertiary/aromatic N) is 1. The van der Waals surface area contributed by atoms with Gasteiger partial charge in [-0.1, -0.05) is 20.8 Å². The lowest BCUT2D eigenvalue weighted by Gasteiger charge is -2.18. The van der Waals surface area contributed by atoms with Gasteiger partial charge in [-0.05, 0) is 24.8 Å². The van der Waals surface area contributed by atoms with Crippen LogP contribution in [0.15, 0.2) is 4.99 Å². The lowest BCUT2D eigenvalue weighted by molar-refractivity contribution is 0.198. The van der Waals surface area contributed by atoms with Crippen LogP contribution in [0, 0.1) is 5.41 Å². The molecule has 1 heterocycles. The number of aliphatic imine (C=N–C) groups is 1. The second-order valence-electron chi connectivity index (χ2n) is 5.14. The van der Waals surface area contributed by atoms with Crippen LogP contribution in [0.2, 0.25) is 0 Å². The topological polar surface area (TPSA) is 47.6 Å². The molecule has 3 heteroatoms. The molecule has 1 aliphatic heterocycles. The predicted octanol–water partition coefficient (Wildman–Crippen LogP) is 1.96. The third kappa shape index (κ3) is 4.09. The Morgan fingerprint density at radius 1 is 1.50 bits per heavy atom. The highest BCUT2D eigenvalue weighted by Gasteiger charge is 2.23. The Bertz CT molecular complexity index is 206. The third-order valence-corrected chi connectivity index (χ3v) is 2.19. The van der Waals surface area contributed by atoms with Gasteiger partial charge in [-0.15, -0.1) is 0 Å². The number of ether oxygens (including phenoxy) is 1. The van der Waals surface area contributed by atoms with E-state index in [1.807, 2.05) is 0 Å². The molecule has 82 valence electrons. The molecule has 14 heavy (non-hydrogen) atoms. The minimum atomic E-state index is 0.265. The summed E-state index contributed by atoms with van der Waals surface area (Å²) >= 11 is 0. The van der Waals surface area contributed by atoms with Crippen LogP contribution >= 0.6 is 0 Å². The number of hydrogen-bond donors (Lipinski definition) is 1. The van der Waals surface area contributed by atoms with Gasteiger partial charge >= 0.3 is 0 Å². The molecule has 1 aliphatic rings. The van der Waals surface area contributed by atoms with Crippen LogP contribution in [-0.2, 0) is 4.74 Å². The van der Waals surface area contributed by atoms with Gasteiger partial charge in [0.1, 0.15) is 6.10 Å². The maximum Gasteiger partial charge on any atom is 0.184 e. The summed E-state index contributed by atoms with van der Waals surface area (Å²) in [4.78, 5) is 4.41. The number of nitrogens with two attached hydrogens (primary N) is 1. The molecule has 0 aromatic heterocycles. The summed E-state index contributed by atoms with van der Waals surface area (Å²) in [6.45, 7) is 8.17. The van der Waals surface area contributed by atoms with Crippen molar-refractivity contribution >= 4 is 5.90 Å². The monoisotopic (exact) mass is 198 g/mol. The SMILES string of the molecule is CC(C)(C)CC1=NCC(CCCN)O1. The molecule has 1 unspecified atom stereocenters. The molecule has 3 nitrogen and oxygen atoms in total. The Morgan fingerprint density at radius 3 is 2.79 bits per heavy atom. The summed E-state index contributed by atoms with van der Waals surface area (Å²) in [5, 5.41) is 0. The molecule has 1 atom stereocenters. The summed E-state index contributed by atoms with van der Waals surface area (Å²) in [6, 6.07) is 0. The summed E-state index contributed by atoms with van der Waals surface area (Å²) in [5.41, 5.74) is 5.72. The molecule has 1 rings (SSSR count). The zero-order valence-electron chi connectivity index (χ0n) is 9.55. The molecule has 0 fully saturated rings. The van der Waals surface area contributed by atoms with E-state index in [0.717, 1.165) is 38.2 Å². The number of rotatable bonds is 4. The predicted molar refractivity (Wildman–Crippen MR) is 59.5 cm³/mol. The van der Waals surface area contributed by atoms with Crippen LogP contribution in [0.4, 0.5) is 0 Å². The molecule has 0 amide bonds. The van der Waals surface area contributed by atoms with Gasteiger partial charge in [0.05, 0.1) is 6.54 Å². The van der Waals surface area contributed by atoms with E-state index >= 15 is 0 Å². The molecular weight excluding hydrogens is 176 g/mol. The first-order valence-corrected chi connectivity index (χ1v) is 5.41. The van der Waals surface area contributed by atoms with Crippen molar-refractivity contribution in [3.63, 3.8) is 0 Å². The molecule has 2 N–H and O–H groups in total. The smallest absolute Gasteiger partial charge is 0.184 e. The van der Waals surface area contributed by atoms with Crippen LogP contribution in [0.5, 0.6) is 0 Å². The van der Waals surface area contributed by atoms with Crippen molar-refractivity contribution in [2.24, 2.45) is 16.1 Å². The van der Waals surface area contributed by atoms with E-state index in [4.69, 9.17) is 10.5 Å². The van der Waals surface area contributed by atoms with Crippen molar-refractivity contribution in [2.45, 2.75) is 46.1 Å². The molecule has 0 aromatic carbocycles. The van der Waals surface area contributed by atoms with Gasteiger partial charge in [-0.3, -0.25) is 4.99 Å². The van der Waals surface area contributed by atoms with Gasteiger partial charge in [0.2, 0.25) is 0 Å².